The Kier molecular flexibility index (Phi) is 5.88. The summed E-state index contributed by atoms with van der Waals surface area (Å²) in [7, 11) is 0. The lowest BCUT2D eigenvalue weighted by Gasteiger charge is -2.25. The summed E-state index contributed by atoms with van der Waals surface area (Å²) in [6, 6.07) is 0.132. The quantitative estimate of drug-likeness (QED) is 0.410. The van der Waals surface area contributed by atoms with Gasteiger partial charge in [-0.25, -0.2) is 29.7 Å². The smallest absolute Gasteiger partial charge is 0.435 e. The van der Waals surface area contributed by atoms with Crippen molar-refractivity contribution in [1.82, 2.24) is 39.3 Å². The Morgan fingerprint density at radius 3 is 2.58 bits per heavy atom. The predicted molar refractivity (Wildman–Crippen MR) is 142 cm³/mol. The zero-order valence-electron chi connectivity index (χ0n) is 22.5. The van der Waals surface area contributed by atoms with Gasteiger partial charge >= 0.3 is 6.09 Å². The van der Waals surface area contributed by atoms with E-state index in [0.29, 0.717) is 24.1 Å². The first-order chi connectivity index (χ1) is 18.2. The van der Waals surface area contributed by atoms with E-state index in [1.54, 1.807) is 18.7 Å². The van der Waals surface area contributed by atoms with Gasteiger partial charge in [0.15, 0.2) is 17.0 Å². The van der Waals surface area contributed by atoms with Gasteiger partial charge in [0.2, 0.25) is 0 Å². The van der Waals surface area contributed by atoms with E-state index >= 15 is 0 Å². The number of hydrogen-bond donors (Lipinski definition) is 1. The van der Waals surface area contributed by atoms with Crippen molar-refractivity contribution < 1.29 is 9.53 Å². The van der Waals surface area contributed by atoms with Crippen LogP contribution in [0, 0.1) is 6.92 Å². The second-order valence-corrected chi connectivity index (χ2v) is 11.2. The van der Waals surface area contributed by atoms with Crippen LogP contribution in [-0.2, 0) is 24.1 Å². The van der Waals surface area contributed by atoms with Crippen molar-refractivity contribution in [2.45, 2.75) is 90.8 Å². The van der Waals surface area contributed by atoms with Crippen LogP contribution in [0.25, 0.3) is 22.6 Å². The Morgan fingerprint density at radius 1 is 1.13 bits per heavy atom. The summed E-state index contributed by atoms with van der Waals surface area (Å²) >= 11 is 0. The molecular weight excluding hydrogens is 482 g/mol. The fourth-order valence-electron chi connectivity index (χ4n) is 5.17. The molecule has 2 aliphatic carbocycles. The van der Waals surface area contributed by atoms with Gasteiger partial charge in [0.25, 0.3) is 0 Å². The van der Waals surface area contributed by atoms with Crippen LogP contribution in [0.2, 0.25) is 0 Å². The molecule has 6 rings (SSSR count). The topological polar surface area (TPSA) is 126 Å². The number of nitrogens with zero attached hydrogens (tertiary/aromatic N) is 8. The van der Waals surface area contributed by atoms with Crippen molar-refractivity contribution in [2.24, 2.45) is 0 Å². The number of aryl methyl sites for hydroxylation is 2. The summed E-state index contributed by atoms with van der Waals surface area (Å²) in [4.78, 5) is 35.7. The third-order valence-electron chi connectivity index (χ3n) is 7.06. The molecule has 4 aromatic rings. The molecule has 2 aliphatic rings. The molecule has 38 heavy (non-hydrogen) atoms. The molecule has 0 aromatic carbocycles. The van der Waals surface area contributed by atoms with E-state index in [-0.39, 0.29) is 6.04 Å². The van der Waals surface area contributed by atoms with Crippen LogP contribution in [0.5, 0.6) is 0 Å². The average Bonchev–Trinajstić information content (AvgIpc) is 3.54. The Labute approximate surface area is 221 Å². The Hall–Kier alpha value is -3.89. The molecule has 1 saturated carbocycles. The van der Waals surface area contributed by atoms with Crippen LogP contribution in [0.3, 0.4) is 0 Å². The van der Waals surface area contributed by atoms with Crippen LogP contribution in [0.1, 0.15) is 75.7 Å². The van der Waals surface area contributed by atoms with Crippen LogP contribution in [-0.4, -0.2) is 57.0 Å². The normalized spacial score (nSPS) is 17.4. The summed E-state index contributed by atoms with van der Waals surface area (Å²) < 4.78 is 9.22. The number of ether oxygens (including phenoxy) is 1. The van der Waals surface area contributed by atoms with Crippen LogP contribution >= 0.6 is 0 Å². The van der Waals surface area contributed by atoms with E-state index in [9.17, 15) is 4.79 Å². The number of anilines is 1. The van der Waals surface area contributed by atoms with Crippen molar-refractivity contribution in [3.63, 3.8) is 0 Å². The fraction of sp³-hybridized carbons (Fsp3) is 0.519. The highest BCUT2D eigenvalue weighted by Gasteiger charge is 2.36. The van der Waals surface area contributed by atoms with Crippen molar-refractivity contribution in [3.8, 4) is 11.4 Å². The molecular formula is C27H33N9O2. The maximum absolute atomic E-state index is 12.9. The number of rotatable bonds is 5. The zero-order chi connectivity index (χ0) is 26.6. The maximum Gasteiger partial charge on any atom is 0.435 e. The minimum Gasteiger partial charge on any atom is -0.442 e. The molecule has 11 nitrogen and oxygen atoms in total. The van der Waals surface area contributed by atoms with Gasteiger partial charge < -0.3 is 14.6 Å². The summed E-state index contributed by atoms with van der Waals surface area (Å²) in [5, 5.41) is 8.40. The highest BCUT2D eigenvalue weighted by Crippen LogP contribution is 2.43. The van der Waals surface area contributed by atoms with E-state index in [1.807, 2.05) is 27.7 Å². The minimum atomic E-state index is -0.571. The minimum absolute atomic E-state index is 0.132. The first-order valence-electron chi connectivity index (χ1n) is 13.3. The van der Waals surface area contributed by atoms with Gasteiger partial charge in [-0.05, 0) is 72.3 Å². The molecule has 1 atom stereocenters. The van der Waals surface area contributed by atoms with Gasteiger partial charge in [-0.15, -0.1) is 0 Å². The largest absolute Gasteiger partial charge is 0.442 e. The molecule has 0 saturated heterocycles. The number of nitrogens with one attached hydrogen (secondary N) is 1. The molecule has 0 amide bonds. The molecule has 0 radical (unpaired) electrons. The van der Waals surface area contributed by atoms with Crippen molar-refractivity contribution in [1.29, 1.82) is 0 Å². The van der Waals surface area contributed by atoms with Gasteiger partial charge in [-0.3, -0.25) is 0 Å². The average molecular weight is 516 g/mol. The number of carbonyl (C=O) groups is 1. The number of aromatic nitrogens is 8. The maximum atomic E-state index is 12.9. The van der Waals surface area contributed by atoms with Gasteiger partial charge in [-0.1, -0.05) is 0 Å². The first-order valence-corrected chi connectivity index (χ1v) is 13.3. The van der Waals surface area contributed by atoms with Crippen LogP contribution in [0.15, 0.2) is 18.7 Å². The summed E-state index contributed by atoms with van der Waals surface area (Å²) in [6.07, 6.45) is 9.33. The lowest BCUT2D eigenvalue weighted by molar-refractivity contribution is 0.0508. The molecule has 1 fully saturated rings. The Balaban J connectivity index is 1.31. The van der Waals surface area contributed by atoms with Crippen molar-refractivity contribution in [2.75, 3.05) is 5.32 Å². The highest BCUT2D eigenvalue weighted by atomic mass is 16.6. The second kappa shape index (κ2) is 9.14. The molecule has 198 valence electrons. The fourth-order valence-corrected chi connectivity index (χ4v) is 5.17. The van der Waals surface area contributed by atoms with E-state index in [1.165, 1.54) is 10.2 Å². The highest BCUT2D eigenvalue weighted by molar-refractivity contribution is 5.86. The standard InChI is InChI=1S/C27H33N9O2/c1-6-35-24(17-12-28-15(2)29-13-17)33-22-23(30-14-31-25(22)35)32-18-9-10-20-19(11-18)21(16-7-8-16)34-36(20)26(37)38-27(3,4)5/h12-14,16,18H,6-11H2,1-5H3,(H,30,31,32). The molecule has 11 heteroatoms. The molecule has 4 aromatic heterocycles. The number of carbonyl (C=O) groups excluding carboxylic acids is 1. The molecule has 1 unspecified atom stereocenters. The van der Waals surface area contributed by atoms with Gasteiger partial charge in [0.05, 0.1) is 17.0 Å². The number of hydrogen-bond acceptors (Lipinski definition) is 9. The molecule has 1 N–H and O–H groups in total. The zero-order valence-corrected chi connectivity index (χ0v) is 22.5. The molecule has 0 bridgehead atoms. The van der Waals surface area contributed by atoms with Crippen LogP contribution in [0.4, 0.5) is 10.6 Å². The van der Waals surface area contributed by atoms with E-state index < -0.39 is 11.7 Å². The van der Waals surface area contributed by atoms with E-state index in [4.69, 9.17) is 14.8 Å². The van der Waals surface area contributed by atoms with E-state index in [0.717, 1.165) is 66.0 Å². The van der Waals surface area contributed by atoms with E-state index in [2.05, 4.69) is 36.7 Å². The first kappa shape index (κ1) is 24.4. The van der Waals surface area contributed by atoms with Gasteiger partial charge in [0.1, 0.15) is 23.6 Å². The molecule has 0 aliphatic heterocycles. The van der Waals surface area contributed by atoms with Gasteiger partial charge in [0, 0.05) is 30.9 Å². The Morgan fingerprint density at radius 2 is 1.89 bits per heavy atom. The number of imidazole rings is 1. The number of fused-ring (bicyclic) bond motifs is 2. The van der Waals surface area contributed by atoms with Crippen LogP contribution < -0.4 is 5.32 Å². The molecule has 4 heterocycles. The third kappa shape index (κ3) is 4.50. The SMILES string of the molecule is CCn1c(-c2cnc(C)nc2)nc2c(NC3CCc4c(c(C5CC5)nn4C(=O)OC(C)(C)C)C3)ncnc21. The summed E-state index contributed by atoms with van der Waals surface area (Å²) in [6.45, 7) is 10.3. The third-order valence-corrected chi connectivity index (χ3v) is 7.06. The van der Waals surface area contributed by atoms with Gasteiger partial charge in [-0.2, -0.15) is 9.78 Å². The lowest BCUT2D eigenvalue weighted by Crippen LogP contribution is -2.32. The monoisotopic (exact) mass is 515 g/mol. The predicted octanol–water partition coefficient (Wildman–Crippen LogP) is 4.44. The summed E-state index contributed by atoms with van der Waals surface area (Å²) in [5.74, 6) is 2.62. The second-order valence-electron chi connectivity index (χ2n) is 11.2. The lowest BCUT2D eigenvalue weighted by atomic mass is 9.90. The molecule has 0 spiro atoms. The van der Waals surface area contributed by atoms with Crippen molar-refractivity contribution >= 4 is 23.1 Å². The van der Waals surface area contributed by atoms with Crippen molar-refractivity contribution in [3.05, 3.63) is 41.5 Å². The Bertz CT molecular complexity index is 1510. The summed E-state index contributed by atoms with van der Waals surface area (Å²) in [5.41, 5.74) is 4.96.